The molecular formula is C25H24Cl2FN3O3S. The van der Waals surface area contributed by atoms with Crippen LogP contribution in [0.25, 0.3) is 0 Å². The third kappa shape index (κ3) is 5.72. The molecule has 0 unspecified atom stereocenters. The van der Waals surface area contributed by atoms with Crippen molar-refractivity contribution in [3.8, 4) is 0 Å². The number of hydrogen-bond donors (Lipinski definition) is 0. The molecule has 10 heteroatoms. The Balaban J connectivity index is 1.57. The van der Waals surface area contributed by atoms with Gasteiger partial charge in [0.05, 0.1) is 16.3 Å². The highest BCUT2D eigenvalue weighted by Crippen LogP contribution is 2.30. The van der Waals surface area contributed by atoms with Gasteiger partial charge in [0.2, 0.25) is 5.91 Å². The van der Waals surface area contributed by atoms with Crippen LogP contribution in [0.15, 0.2) is 71.6 Å². The van der Waals surface area contributed by atoms with Gasteiger partial charge in [-0.2, -0.15) is 0 Å². The van der Waals surface area contributed by atoms with Crippen molar-refractivity contribution in [2.24, 2.45) is 0 Å². The lowest BCUT2D eigenvalue weighted by Crippen LogP contribution is -2.52. The third-order valence-electron chi connectivity index (χ3n) is 5.85. The molecule has 3 aromatic carbocycles. The Labute approximate surface area is 214 Å². The number of carbonyl (C=O) groups excluding carboxylic acids is 1. The number of anilines is 2. The van der Waals surface area contributed by atoms with E-state index in [0.717, 1.165) is 9.87 Å². The van der Waals surface area contributed by atoms with Crippen LogP contribution in [0, 0.1) is 12.7 Å². The fraction of sp³-hybridized carbons (Fsp3) is 0.240. The smallest absolute Gasteiger partial charge is 0.264 e. The number of nitrogens with zero attached hydrogens (tertiary/aromatic N) is 3. The summed E-state index contributed by atoms with van der Waals surface area (Å²) in [7, 11) is -4.09. The topological polar surface area (TPSA) is 60.9 Å². The Hall–Kier alpha value is -2.81. The average Bonchev–Trinajstić information content (AvgIpc) is 2.82. The van der Waals surface area contributed by atoms with Crippen molar-refractivity contribution >= 4 is 50.5 Å². The van der Waals surface area contributed by atoms with Crippen LogP contribution in [0.3, 0.4) is 0 Å². The molecule has 0 aliphatic carbocycles. The monoisotopic (exact) mass is 535 g/mol. The fourth-order valence-electron chi connectivity index (χ4n) is 3.96. The van der Waals surface area contributed by atoms with Gasteiger partial charge in [-0.15, -0.1) is 0 Å². The number of halogens is 3. The van der Waals surface area contributed by atoms with Gasteiger partial charge in [-0.3, -0.25) is 9.10 Å². The number of piperazine rings is 1. The number of aryl methyl sites for hydroxylation is 1. The van der Waals surface area contributed by atoms with E-state index >= 15 is 0 Å². The Kier molecular flexibility index (Phi) is 7.54. The molecule has 4 rings (SSSR count). The Morgan fingerprint density at radius 2 is 1.54 bits per heavy atom. The Morgan fingerprint density at radius 1 is 0.943 bits per heavy atom. The minimum Gasteiger partial charge on any atom is -0.366 e. The summed E-state index contributed by atoms with van der Waals surface area (Å²) in [6, 6.07) is 17.3. The van der Waals surface area contributed by atoms with E-state index in [4.69, 9.17) is 23.2 Å². The Morgan fingerprint density at radius 3 is 2.14 bits per heavy atom. The van der Waals surface area contributed by atoms with Gasteiger partial charge in [0.15, 0.2) is 0 Å². The fourth-order valence-corrected chi connectivity index (χ4v) is 5.88. The first-order chi connectivity index (χ1) is 16.6. The zero-order valence-electron chi connectivity index (χ0n) is 19.0. The summed E-state index contributed by atoms with van der Waals surface area (Å²) in [6.07, 6.45) is 0. The molecular weight excluding hydrogens is 512 g/mol. The van der Waals surface area contributed by atoms with E-state index in [9.17, 15) is 17.6 Å². The molecule has 0 spiro atoms. The third-order valence-corrected chi connectivity index (χ3v) is 8.07. The summed E-state index contributed by atoms with van der Waals surface area (Å²) in [5.41, 5.74) is 1.59. The minimum absolute atomic E-state index is 0.0522. The van der Waals surface area contributed by atoms with Crippen molar-refractivity contribution in [3.05, 3.63) is 88.2 Å². The van der Waals surface area contributed by atoms with Crippen LogP contribution < -0.4 is 9.21 Å². The van der Waals surface area contributed by atoms with Crippen LogP contribution in [-0.4, -0.2) is 51.9 Å². The first-order valence-electron chi connectivity index (χ1n) is 11.0. The molecule has 0 radical (unpaired) electrons. The first-order valence-corrected chi connectivity index (χ1v) is 13.2. The molecule has 6 nitrogen and oxygen atoms in total. The lowest BCUT2D eigenvalue weighted by atomic mass is 10.2. The standard InChI is InChI=1S/C25H24Cl2FN3O3S/c1-18-6-8-22(9-7-18)35(33,34)31(21-15-19(26)14-20(27)16-21)17-25(32)30-12-10-29(11-13-30)24-5-3-2-4-23(24)28/h2-9,14-16H,10-13,17H2,1H3. The van der Waals surface area contributed by atoms with Crippen LogP contribution in [0.1, 0.15) is 5.56 Å². The quantitative estimate of drug-likeness (QED) is 0.446. The van der Waals surface area contributed by atoms with Crippen molar-refractivity contribution in [2.45, 2.75) is 11.8 Å². The normalized spacial score (nSPS) is 14.2. The van der Waals surface area contributed by atoms with Gasteiger partial charge in [-0.1, -0.05) is 53.0 Å². The predicted octanol–water partition coefficient (Wildman–Crippen LogP) is 4.99. The van der Waals surface area contributed by atoms with Crippen LogP contribution >= 0.6 is 23.2 Å². The van der Waals surface area contributed by atoms with E-state index < -0.39 is 16.6 Å². The van der Waals surface area contributed by atoms with E-state index in [1.807, 2.05) is 11.8 Å². The molecule has 184 valence electrons. The van der Waals surface area contributed by atoms with Crippen LogP contribution in [0.4, 0.5) is 15.8 Å². The molecule has 0 aromatic heterocycles. The maximum Gasteiger partial charge on any atom is 0.264 e. The van der Waals surface area contributed by atoms with Crippen LogP contribution in [0.2, 0.25) is 10.0 Å². The minimum atomic E-state index is -4.09. The zero-order chi connectivity index (χ0) is 25.2. The molecule has 1 amide bonds. The van der Waals surface area contributed by atoms with E-state index in [1.165, 1.54) is 36.4 Å². The van der Waals surface area contributed by atoms with E-state index in [2.05, 4.69) is 0 Å². The van der Waals surface area contributed by atoms with Gasteiger partial charge < -0.3 is 9.80 Å². The molecule has 35 heavy (non-hydrogen) atoms. The highest BCUT2D eigenvalue weighted by molar-refractivity contribution is 7.92. The zero-order valence-corrected chi connectivity index (χ0v) is 21.3. The van der Waals surface area contributed by atoms with Crippen LogP contribution in [0.5, 0.6) is 0 Å². The van der Waals surface area contributed by atoms with Gasteiger partial charge in [0.25, 0.3) is 10.0 Å². The molecule has 1 aliphatic heterocycles. The van der Waals surface area contributed by atoms with Crippen LogP contribution in [-0.2, 0) is 14.8 Å². The molecule has 1 saturated heterocycles. The Bertz CT molecular complexity index is 1310. The highest BCUT2D eigenvalue weighted by Gasteiger charge is 2.31. The molecule has 3 aromatic rings. The number of amides is 1. The molecule has 1 aliphatic rings. The van der Waals surface area contributed by atoms with Gasteiger partial charge in [-0.25, -0.2) is 12.8 Å². The first kappa shape index (κ1) is 25.3. The largest absolute Gasteiger partial charge is 0.366 e. The molecule has 1 heterocycles. The second kappa shape index (κ2) is 10.4. The number of carbonyl (C=O) groups is 1. The highest BCUT2D eigenvalue weighted by atomic mass is 35.5. The van der Waals surface area contributed by atoms with Gasteiger partial charge in [0.1, 0.15) is 12.4 Å². The number of para-hydroxylation sites is 1. The number of hydrogen-bond acceptors (Lipinski definition) is 4. The SMILES string of the molecule is Cc1ccc(S(=O)(=O)N(CC(=O)N2CCN(c3ccccc3F)CC2)c2cc(Cl)cc(Cl)c2)cc1. The maximum atomic E-state index is 14.2. The summed E-state index contributed by atoms with van der Waals surface area (Å²) >= 11 is 12.3. The molecule has 0 atom stereocenters. The molecule has 0 saturated carbocycles. The van der Waals surface area contributed by atoms with Crippen molar-refractivity contribution in [3.63, 3.8) is 0 Å². The number of sulfonamides is 1. The maximum absolute atomic E-state index is 14.2. The predicted molar refractivity (Wildman–Crippen MR) is 137 cm³/mol. The van der Waals surface area contributed by atoms with Gasteiger partial charge in [0, 0.05) is 36.2 Å². The lowest BCUT2D eigenvalue weighted by Gasteiger charge is -2.37. The van der Waals surface area contributed by atoms with Crippen molar-refractivity contribution in [1.29, 1.82) is 0 Å². The average molecular weight is 536 g/mol. The molecule has 0 bridgehead atoms. The van der Waals surface area contributed by atoms with E-state index in [1.54, 1.807) is 35.2 Å². The number of benzene rings is 3. The van der Waals surface area contributed by atoms with Gasteiger partial charge >= 0.3 is 0 Å². The van der Waals surface area contributed by atoms with E-state index in [0.29, 0.717) is 31.9 Å². The summed E-state index contributed by atoms with van der Waals surface area (Å²) in [5, 5.41) is 0.505. The second-order valence-corrected chi connectivity index (χ2v) is 11.0. The summed E-state index contributed by atoms with van der Waals surface area (Å²) in [6.45, 7) is 2.96. The summed E-state index contributed by atoms with van der Waals surface area (Å²) < 4.78 is 42.3. The number of rotatable bonds is 6. The summed E-state index contributed by atoms with van der Waals surface area (Å²) in [4.78, 5) is 16.8. The van der Waals surface area contributed by atoms with E-state index in [-0.39, 0.29) is 32.4 Å². The second-order valence-electron chi connectivity index (χ2n) is 8.27. The van der Waals surface area contributed by atoms with Crippen molar-refractivity contribution in [1.82, 2.24) is 4.90 Å². The van der Waals surface area contributed by atoms with Crippen molar-refractivity contribution in [2.75, 3.05) is 41.9 Å². The van der Waals surface area contributed by atoms with Gasteiger partial charge in [-0.05, 0) is 49.4 Å². The lowest BCUT2D eigenvalue weighted by molar-refractivity contribution is -0.129. The van der Waals surface area contributed by atoms with Crippen molar-refractivity contribution < 1.29 is 17.6 Å². The molecule has 0 N–H and O–H groups in total. The summed E-state index contributed by atoms with van der Waals surface area (Å²) in [5.74, 6) is -0.689. The molecule has 1 fully saturated rings.